The summed E-state index contributed by atoms with van der Waals surface area (Å²) in [5, 5.41) is 3.52. The van der Waals surface area contributed by atoms with Crippen LogP contribution in [-0.4, -0.2) is 35.8 Å². The van der Waals surface area contributed by atoms with Crippen molar-refractivity contribution in [1.29, 1.82) is 0 Å². The molecule has 0 aliphatic carbocycles. The van der Waals surface area contributed by atoms with E-state index in [1.165, 1.54) is 0 Å². The molecule has 0 aromatic heterocycles. The molecule has 108 valence electrons. The van der Waals surface area contributed by atoms with Crippen LogP contribution in [0, 0.1) is 0 Å². The molecule has 2 amide bonds. The molecule has 4 nitrogen and oxygen atoms in total. The van der Waals surface area contributed by atoms with E-state index in [-0.39, 0.29) is 17.9 Å². The van der Waals surface area contributed by atoms with E-state index in [4.69, 9.17) is 11.6 Å². The van der Waals surface area contributed by atoms with Gasteiger partial charge in [-0.25, -0.2) is 0 Å². The normalized spacial score (nSPS) is 16.1. The quantitative estimate of drug-likeness (QED) is 0.883. The summed E-state index contributed by atoms with van der Waals surface area (Å²) < 4.78 is 0.779. The molecular weight excluding hydrogens is 344 g/mol. The largest absolute Gasteiger partial charge is 0.349 e. The molecular formula is C14H16BrClN2O2. The number of nitrogens with zero attached hydrogens (tertiary/aromatic N) is 1. The highest BCUT2D eigenvalue weighted by Gasteiger charge is 2.22. The fourth-order valence-corrected chi connectivity index (χ4v) is 3.15. The summed E-state index contributed by atoms with van der Waals surface area (Å²) in [5.74, 6) is -0.0389. The first-order valence-electron chi connectivity index (χ1n) is 6.48. The Morgan fingerprint density at radius 2 is 1.95 bits per heavy atom. The third-order valence-corrected chi connectivity index (χ3v) is 4.08. The third kappa shape index (κ3) is 3.96. The molecule has 20 heavy (non-hydrogen) atoms. The van der Waals surface area contributed by atoms with Crippen molar-refractivity contribution in [2.45, 2.75) is 25.8 Å². The van der Waals surface area contributed by atoms with Crippen molar-refractivity contribution >= 4 is 39.3 Å². The number of benzene rings is 1. The number of halogens is 2. The Labute approximate surface area is 131 Å². The molecule has 0 saturated carbocycles. The maximum atomic E-state index is 12.2. The maximum Gasteiger partial charge on any atom is 0.251 e. The summed E-state index contributed by atoms with van der Waals surface area (Å²) in [7, 11) is 0. The van der Waals surface area contributed by atoms with E-state index in [2.05, 4.69) is 21.2 Å². The van der Waals surface area contributed by atoms with Crippen LogP contribution in [0.1, 0.15) is 30.1 Å². The van der Waals surface area contributed by atoms with Gasteiger partial charge >= 0.3 is 0 Å². The van der Waals surface area contributed by atoms with Crippen LogP contribution < -0.4 is 5.32 Å². The number of rotatable bonds is 2. The maximum absolute atomic E-state index is 12.2. The fraction of sp³-hybridized carbons (Fsp3) is 0.429. The lowest BCUT2D eigenvalue weighted by molar-refractivity contribution is -0.129. The summed E-state index contributed by atoms with van der Waals surface area (Å²) >= 11 is 9.26. The van der Waals surface area contributed by atoms with Crippen LogP contribution in [0.5, 0.6) is 0 Å². The number of amides is 2. The van der Waals surface area contributed by atoms with Gasteiger partial charge in [0.2, 0.25) is 5.91 Å². The molecule has 0 bridgehead atoms. The molecule has 1 heterocycles. The Bertz CT molecular complexity index is 508. The minimum Gasteiger partial charge on any atom is -0.349 e. The SMILES string of the molecule is CC(=O)N1CCC(NC(=O)c2cc(Cl)cc(Br)c2)CC1. The number of hydrogen-bond donors (Lipinski definition) is 1. The zero-order valence-corrected chi connectivity index (χ0v) is 13.5. The van der Waals surface area contributed by atoms with Crippen molar-refractivity contribution in [3.05, 3.63) is 33.3 Å². The Balaban J connectivity index is 1.94. The van der Waals surface area contributed by atoms with Gasteiger partial charge in [0.1, 0.15) is 0 Å². The third-order valence-electron chi connectivity index (χ3n) is 3.40. The minimum atomic E-state index is -0.130. The fourth-order valence-electron chi connectivity index (χ4n) is 2.29. The van der Waals surface area contributed by atoms with Crippen molar-refractivity contribution in [1.82, 2.24) is 10.2 Å². The van der Waals surface area contributed by atoms with Crippen LogP contribution in [-0.2, 0) is 4.79 Å². The lowest BCUT2D eigenvalue weighted by atomic mass is 10.0. The molecule has 1 aromatic carbocycles. The first kappa shape index (κ1) is 15.3. The van der Waals surface area contributed by atoms with Crippen LogP contribution in [0.15, 0.2) is 22.7 Å². The Morgan fingerprint density at radius 1 is 1.30 bits per heavy atom. The van der Waals surface area contributed by atoms with Crippen LogP contribution in [0.4, 0.5) is 0 Å². The van der Waals surface area contributed by atoms with E-state index in [1.54, 1.807) is 30.0 Å². The lowest BCUT2D eigenvalue weighted by Crippen LogP contribution is -2.46. The highest BCUT2D eigenvalue weighted by atomic mass is 79.9. The smallest absolute Gasteiger partial charge is 0.251 e. The second-order valence-electron chi connectivity index (χ2n) is 4.91. The molecule has 1 saturated heterocycles. The van der Waals surface area contributed by atoms with Crippen molar-refractivity contribution in [3.63, 3.8) is 0 Å². The Kier molecular flexibility index (Phi) is 5.05. The molecule has 0 unspecified atom stereocenters. The topological polar surface area (TPSA) is 49.4 Å². The number of nitrogens with one attached hydrogen (secondary N) is 1. The zero-order valence-electron chi connectivity index (χ0n) is 11.2. The Hall–Kier alpha value is -1.07. The van der Waals surface area contributed by atoms with Gasteiger partial charge in [-0.1, -0.05) is 27.5 Å². The molecule has 1 aliphatic heterocycles. The summed E-state index contributed by atoms with van der Waals surface area (Å²) in [6.45, 7) is 2.96. The monoisotopic (exact) mass is 358 g/mol. The van der Waals surface area contributed by atoms with Crippen molar-refractivity contribution in [3.8, 4) is 0 Å². The van der Waals surface area contributed by atoms with Gasteiger partial charge in [-0.05, 0) is 31.0 Å². The second kappa shape index (κ2) is 6.59. The van der Waals surface area contributed by atoms with E-state index in [0.717, 1.165) is 17.3 Å². The summed E-state index contributed by atoms with van der Waals surface area (Å²) in [4.78, 5) is 25.2. The molecule has 0 atom stereocenters. The average Bonchev–Trinajstić information content (AvgIpc) is 2.38. The predicted molar refractivity (Wildman–Crippen MR) is 81.9 cm³/mol. The van der Waals surface area contributed by atoms with Gasteiger partial charge in [0, 0.05) is 41.1 Å². The van der Waals surface area contributed by atoms with Gasteiger partial charge in [-0.15, -0.1) is 0 Å². The van der Waals surface area contributed by atoms with Gasteiger partial charge in [0.05, 0.1) is 0 Å². The van der Waals surface area contributed by atoms with Gasteiger partial charge < -0.3 is 10.2 Å². The second-order valence-corrected chi connectivity index (χ2v) is 6.26. The van der Waals surface area contributed by atoms with E-state index < -0.39 is 0 Å². The molecule has 0 radical (unpaired) electrons. The summed E-state index contributed by atoms with van der Waals surface area (Å²) in [6.07, 6.45) is 1.57. The summed E-state index contributed by atoms with van der Waals surface area (Å²) in [6, 6.07) is 5.23. The first-order chi connectivity index (χ1) is 9.45. The number of likely N-dealkylation sites (tertiary alicyclic amines) is 1. The molecule has 0 spiro atoms. The van der Waals surface area contributed by atoms with E-state index in [0.29, 0.717) is 23.7 Å². The molecule has 6 heteroatoms. The van der Waals surface area contributed by atoms with E-state index in [1.807, 2.05) is 0 Å². The standard InChI is InChI=1S/C14H16BrClN2O2/c1-9(19)18-4-2-13(3-5-18)17-14(20)10-6-11(15)8-12(16)7-10/h6-8,13H,2-5H2,1H3,(H,17,20). The molecule has 1 aromatic rings. The van der Waals surface area contributed by atoms with Crippen LogP contribution in [0.2, 0.25) is 5.02 Å². The van der Waals surface area contributed by atoms with Gasteiger partial charge in [0.25, 0.3) is 5.91 Å². The average molecular weight is 360 g/mol. The summed E-state index contributed by atoms with van der Waals surface area (Å²) in [5.41, 5.74) is 0.540. The predicted octanol–water partition coefficient (Wildman–Crippen LogP) is 2.84. The molecule has 1 N–H and O–H groups in total. The van der Waals surface area contributed by atoms with Crippen LogP contribution in [0.25, 0.3) is 0 Å². The minimum absolute atomic E-state index is 0.0912. The van der Waals surface area contributed by atoms with Crippen LogP contribution in [0.3, 0.4) is 0 Å². The number of carbonyl (C=O) groups excluding carboxylic acids is 2. The van der Waals surface area contributed by atoms with Crippen molar-refractivity contribution in [2.75, 3.05) is 13.1 Å². The van der Waals surface area contributed by atoms with Gasteiger partial charge in [0.15, 0.2) is 0 Å². The van der Waals surface area contributed by atoms with Gasteiger partial charge in [-0.2, -0.15) is 0 Å². The zero-order chi connectivity index (χ0) is 14.7. The highest BCUT2D eigenvalue weighted by Crippen LogP contribution is 2.20. The van der Waals surface area contributed by atoms with E-state index >= 15 is 0 Å². The highest BCUT2D eigenvalue weighted by molar-refractivity contribution is 9.10. The number of carbonyl (C=O) groups is 2. The number of piperidine rings is 1. The Morgan fingerprint density at radius 3 is 2.50 bits per heavy atom. The first-order valence-corrected chi connectivity index (χ1v) is 7.65. The lowest BCUT2D eigenvalue weighted by Gasteiger charge is -2.31. The molecule has 2 rings (SSSR count). The van der Waals surface area contributed by atoms with Crippen molar-refractivity contribution in [2.24, 2.45) is 0 Å². The van der Waals surface area contributed by atoms with Gasteiger partial charge in [-0.3, -0.25) is 9.59 Å². The molecule has 1 fully saturated rings. The molecule has 1 aliphatic rings. The van der Waals surface area contributed by atoms with Crippen molar-refractivity contribution < 1.29 is 9.59 Å². The van der Waals surface area contributed by atoms with Crippen LogP contribution >= 0.6 is 27.5 Å². The number of hydrogen-bond acceptors (Lipinski definition) is 2. The van der Waals surface area contributed by atoms with E-state index in [9.17, 15) is 9.59 Å².